The van der Waals surface area contributed by atoms with Crippen LogP contribution < -0.4 is 4.74 Å². The quantitative estimate of drug-likeness (QED) is 0.751. The normalized spacial score (nSPS) is 22.0. The number of benzene rings is 1. The summed E-state index contributed by atoms with van der Waals surface area (Å²) in [4.78, 5) is 0. The molecule has 1 heterocycles. The van der Waals surface area contributed by atoms with E-state index in [9.17, 15) is 5.11 Å². The third kappa shape index (κ3) is 2.96. The average molecular weight is 298 g/mol. The second kappa shape index (κ2) is 6.04. The van der Waals surface area contributed by atoms with Gasteiger partial charge in [0.2, 0.25) is 0 Å². The van der Waals surface area contributed by atoms with Gasteiger partial charge in [-0.25, -0.2) is 0 Å². The molecule has 0 spiro atoms. The molecule has 1 aliphatic rings. The first kappa shape index (κ1) is 16.4. The molecule has 22 heavy (non-hydrogen) atoms. The fraction of sp³-hybridized carbons (Fsp3) is 0.400. The zero-order valence-corrected chi connectivity index (χ0v) is 14.2. The summed E-state index contributed by atoms with van der Waals surface area (Å²) in [5.41, 5.74) is 3.75. The van der Waals surface area contributed by atoms with Gasteiger partial charge in [-0.3, -0.25) is 0 Å². The van der Waals surface area contributed by atoms with Crippen molar-refractivity contribution >= 4 is 6.08 Å². The smallest absolute Gasteiger partial charge is 0.166 e. The van der Waals surface area contributed by atoms with Crippen molar-refractivity contribution in [3.8, 4) is 5.75 Å². The number of allylic oxidation sites excluding steroid dienone is 2. The lowest BCUT2D eigenvalue weighted by Crippen LogP contribution is -2.37. The van der Waals surface area contributed by atoms with E-state index in [0.29, 0.717) is 12.3 Å². The Kier molecular flexibility index (Phi) is 4.50. The Bertz CT molecular complexity index is 652. The topological polar surface area (TPSA) is 29.5 Å². The average Bonchev–Trinajstić information content (AvgIpc) is 2.47. The van der Waals surface area contributed by atoms with E-state index in [0.717, 1.165) is 22.4 Å². The van der Waals surface area contributed by atoms with Crippen molar-refractivity contribution in [3.63, 3.8) is 0 Å². The molecule has 1 unspecified atom stereocenters. The highest BCUT2D eigenvalue weighted by molar-refractivity contribution is 5.69. The van der Waals surface area contributed by atoms with Gasteiger partial charge in [-0.15, -0.1) is 6.58 Å². The van der Waals surface area contributed by atoms with E-state index in [-0.39, 0.29) is 5.76 Å². The van der Waals surface area contributed by atoms with Gasteiger partial charge in [0.05, 0.1) is 0 Å². The molecule has 0 bridgehead atoms. The predicted molar refractivity (Wildman–Crippen MR) is 93.4 cm³/mol. The lowest BCUT2D eigenvalue weighted by molar-refractivity contribution is 0.0775. The summed E-state index contributed by atoms with van der Waals surface area (Å²) in [5.74, 6) is 1.49. The molecule has 2 heteroatoms. The van der Waals surface area contributed by atoms with Crippen LogP contribution in [-0.2, 0) is 0 Å². The Balaban J connectivity index is 2.37. The van der Waals surface area contributed by atoms with Gasteiger partial charge in [0.25, 0.3) is 0 Å². The molecule has 1 aliphatic heterocycles. The number of ether oxygens (including phenoxy) is 1. The Labute approximate surface area is 133 Å². The Morgan fingerprint density at radius 3 is 2.64 bits per heavy atom. The maximum Gasteiger partial charge on any atom is 0.166 e. The lowest BCUT2D eigenvalue weighted by Gasteiger charge is -2.35. The zero-order chi connectivity index (χ0) is 16.5. The highest BCUT2D eigenvalue weighted by atomic mass is 16.5. The monoisotopic (exact) mass is 298 g/mol. The minimum Gasteiger partial charge on any atom is -0.508 e. The summed E-state index contributed by atoms with van der Waals surface area (Å²) in [6, 6.07) is 2.13. The second-order valence-corrected chi connectivity index (χ2v) is 6.47. The van der Waals surface area contributed by atoms with Crippen LogP contribution in [0.4, 0.5) is 0 Å². The largest absolute Gasteiger partial charge is 0.508 e. The lowest BCUT2D eigenvalue weighted by atomic mass is 9.90. The molecule has 1 N–H and O–H groups in total. The van der Waals surface area contributed by atoms with E-state index in [2.05, 4.69) is 45.6 Å². The first-order chi connectivity index (χ1) is 10.3. The van der Waals surface area contributed by atoms with Crippen molar-refractivity contribution in [3.05, 3.63) is 58.9 Å². The summed E-state index contributed by atoms with van der Waals surface area (Å²) >= 11 is 0. The Morgan fingerprint density at radius 1 is 1.32 bits per heavy atom. The van der Waals surface area contributed by atoms with Crippen LogP contribution in [0.3, 0.4) is 0 Å². The molecule has 2 atom stereocenters. The maximum atomic E-state index is 10.5. The van der Waals surface area contributed by atoms with E-state index in [4.69, 9.17) is 4.74 Å². The second-order valence-electron chi connectivity index (χ2n) is 6.47. The summed E-state index contributed by atoms with van der Waals surface area (Å²) < 4.78 is 6.24. The van der Waals surface area contributed by atoms with Gasteiger partial charge in [-0.2, -0.15) is 0 Å². The van der Waals surface area contributed by atoms with Crippen LogP contribution in [0, 0.1) is 26.7 Å². The van der Waals surface area contributed by atoms with Crippen LogP contribution in [0.15, 0.2) is 36.6 Å². The summed E-state index contributed by atoms with van der Waals surface area (Å²) in [7, 11) is 0. The number of aryl methyl sites for hydroxylation is 2. The first-order valence-electron chi connectivity index (χ1n) is 7.78. The summed E-state index contributed by atoms with van der Waals surface area (Å²) in [6.07, 6.45) is 8.51. The number of hydrogen-bond acceptors (Lipinski definition) is 2. The van der Waals surface area contributed by atoms with Crippen LogP contribution in [0.25, 0.3) is 6.08 Å². The van der Waals surface area contributed by atoms with Crippen LogP contribution in [0.1, 0.15) is 42.5 Å². The highest BCUT2D eigenvalue weighted by Crippen LogP contribution is 2.41. The first-order valence-corrected chi connectivity index (χ1v) is 7.78. The molecule has 0 aliphatic carbocycles. The molecule has 2 nitrogen and oxygen atoms in total. The predicted octanol–water partition coefficient (Wildman–Crippen LogP) is 5.43. The fourth-order valence-corrected chi connectivity index (χ4v) is 2.68. The number of aliphatic hydroxyl groups is 1. The van der Waals surface area contributed by atoms with E-state index in [1.165, 1.54) is 5.56 Å². The van der Waals surface area contributed by atoms with Crippen molar-refractivity contribution in [1.29, 1.82) is 0 Å². The van der Waals surface area contributed by atoms with Gasteiger partial charge in [0.15, 0.2) is 5.60 Å². The van der Waals surface area contributed by atoms with Gasteiger partial charge >= 0.3 is 0 Å². The molecular formula is C20H26O2. The standard InChI is InChI=1S/C20H26O2/c1-7-13(2)9-8-10-20(6)18(21)12-17-15(4)11-14(3)16(5)19(17)22-20/h7-9,11-13,21H,1,10H2,2-6H3/t13-,20?/m1/s1. The van der Waals surface area contributed by atoms with E-state index in [1.807, 2.05) is 26.0 Å². The van der Waals surface area contributed by atoms with Crippen LogP contribution in [0.2, 0.25) is 0 Å². The third-order valence-corrected chi connectivity index (χ3v) is 4.50. The number of fused-ring (bicyclic) bond motifs is 1. The molecule has 1 aromatic rings. The molecule has 2 rings (SSSR count). The fourth-order valence-electron chi connectivity index (χ4n) is 2.68. The van der Waals surface area contributed by atoms with Gasteiger partial charge in [0, 0.05) is 12.0 Å². The minimum absolute atomic E-state index is 0.280. The Hall–Kier alpha value is -1.96. The van der Waals surface area contributed by atoms with Crippen molar-refractivity contribution in [2.45, 2.75) is 46.6 Å². The molecule has 0 amide bonds. The van der Waals surface area contributed by atoms with Gasteiger partial charge in [-0.1, -0.05) is 31.2 Å². The van der Waals surface area contributed by atoms with Crippen molar-refractivity contribution < 1.29 is 9.84 Å². The molecule has 0 aromatic heterocycles. The highest BCUT2D eigenvalue weighted by Gasteiger charge is 2.35. The third-order valence-electron chi connectivity index (χ3n) is 4.50. The SMILES string of the molecule is C=C[C@@H](C)C=CCC1(C)Oc2c(C)c(C)cc(C)c2C=C1O. The molecule has 0 fully saturated rings. The summed E-state index contributed by atoms with van der Waals surface area (Å²) in [6.45, 7) is 14.0. The van der Waals surface area contributed by atoms with Crippen molar-refractivity contribution in [1.82, 2.24) is 0 Å². The van der Waals surface area contributed by atoms with Crippen LogP contribution in [-0.4, -0.2) is 10.7 Å². The van der Waals surface area contributed by atoms with Crippen molar-refractivity contribution in [2.75, 3.05) is 0 Å². The van der Waals surface area contributed by atoms with Crippen LogP contribution in [0.5, 0.6) is 5.75 Å². The molecule has 118 valence electrons. The molecular weight excluding hydrogens is 272 g/mol. The van der Waals surface area contributed by atoms with E-state index in [1.54, 1.807) is 0 Å². The molecule has 0 saturated heterocycles. The van der Waals surface area contributed by atoms with Gasteiger partial charge in [-0.05, 0) is 56.4 Å². The van der Waals surface area contributed by atoms with Gasteiger partial charge < -0.3 is 9.84 Å². The van der Waals surface area contributed by atoms with E-state index < -0.39 is 5.60 Å². The van der Waals surface area contributed by atoms with Crippen LogP contribution >= 0.6 is 0 Å². The number of hydrogen-bond donors (Lipinski definition) is 1. The number of rotatable bonds is 4. The molecule has 1 aromatic carbocycles. The Morgan fingerprint density at radius 2 is 2.00 bits per heavy atom. The van der Waals surface area contributed by atoms with Gasteiger partial charge in [0.1, 0.15) is 11.5 Å². The zero-order valence-electron chi connectivity index (χ0n) is 14.2. The summed E-state index contributed by atoms with van der Waals surface area (Å²) in [5, 5.41) is 10.5. The van der Waals surface area contributed by atoms with Crippen molar-refractivity contribution in [2.24, 2.45) is 5.92 Å². The minimum atomic E-state index is -0.713. The molecule has 0 saturated carbocycles. The number of aliphatic hydroxyl groups excluding tert-OH is 1. The maximum absolute atomic E-state index is 10.5. The van der Waals surface area contributed by atoms with E-state index >= 15 is 0 Å². The molecule has 0 radical (unpaired) electrons.